The van der Waals surface area contributed by atoms with Gasteiger partial charge in [0.25, 0.3) is 0 Å². The van der Waals surface area contributed by atoms with Crippen molar-refractivity contribution < 1.29 is 4.39 Å². The largest absolute Gasteiger partial charge is 0.385 e. The summed E-state index contributed by atoms with van der Waals surface area (Å²) in [5.41, 5.74) is 12.5. The molecule has 2 atom stereocenters. The molecular weight excluding hydrogens is 373 g/mol. The number of likely N-dealkylation sites (tertiary alicyclic amines) is 1. The predicted octanol–water partition coefficient (Wildman–Crippen LogP) is 3.00. The van der Waals surface area contributed by atoms with Gasteiger partial charge in [-0.05, 0) is 64.3 Å². The number of thiophene rings is 1. The van der Waals surface area contributed by atoms with Crippen molar-refractivity contribution in [3.63, 3.8) is 0 Å². The van der Waals surface area contributed by atoms with Gasteiger partial charge in [0, 0.05) is 41.2 Å². The maximum absolute atomic E-state index is 13.4. The first-order valence-electron chi connectivity index (χ1n) is 9.90. The molecule has 2 unspecified atom stereocenters. The molecule has 0 saturated carbocycles. The van der Waals surface area contributed by atoms with Crippen LogP contribution in [0.5, 0.6) is 0 Å². The lowest BCUT2D eigenvalue weighted by molar-refractivity contribution is 0.162. The van der Waals surface area contributed by atoms with Crippen LogP contribution >= 0.6 is 11.3 Å². The molecule has 0 radical (unpaired) electrons. The summed E-state index contributed by atoms with van der Waals surface area (Å²) in [4.78, 5) is 7.97. The summed E-state index contributed by atoms with van der Waals surface area (Å²) < 4.78 is 13.4. The van der Waals surface area contributed by atoms with Crippen molar-refractivity contribution in [2.24, 2.45) is 21.9 Å². The Hall–Kier alpha value is -1.86. The summed E-state index contributed by atoms with van der Waals surface area (Å²) in [6.07, 6.45) is 9.39. The number of nitrogens with zero attached hydrogens (tertiary/aromatic N) is 2. The highest BCUT2D eigenvalue weighted by molar-refractivity contribution is 7.10. The SMILES string of the molecule is CC1C=CC(C(C)(C)N2CCC(CCc3ccc(F)s3)(CN=C(N)N)C2)=CN1. The molecule has 5 N–H and O–H groups in total. The van der Waals surface area contributed by atoms with Gasteiger partial charge in [-0.15, -0.1) is 11.3 Å². The number of rotatable bonds is 7. The average molecular weight is 406 g/mol. The lowest BCUT2D eigenvalue weighted by Gasteiger charge is -2.39. The van der Waals surface area contributed by atoms with E-state index in [9.17, 15) is 4.39 Å². The summed E-state index contributed by atoms with van der Waals surface area (Å²) >= 11 is 1.23. The second-order valence-corrected chi connectivity index (χ2v) is 9.71. The van der Waals surface area contributed by atoms with Crippen LogP contribution in [0.25, 0.3) is 0 Å². The van der Waals surface area contributed by atoms with E-state index in [0.29, 0.717) is 12.6 Å². The van der Waals surface area contributed by atoms with Crippen LogP contribution in [0.1, 0.15) is 38.5 Å². The number of dihydropyridines is 1. The number of nitrogens with one attached hydrogen (secondary N) is 1. The molecular formula is C21H32FN5S. The quantitative estimate of drug-likeness (QED) is 0.481. The molecule has 1 fully saturated rings. The van der Waals surface area contributed by atoms with Crippen LogP contribution in [0.2, 0.25) is 0 Å². The van der Waals surface area contributed by atoms with Gasteiger partial charge in [0.15, 0.2) is 11.1 Å². The molecule has 0 aliphatic carbocycles. The van der Waals surface area contributed by atoms with Crippen LogP contribution in [0, 0.1) is 10.5 Å². The maximum atomic E-state index is 13.4. The van der Waals surface area contributed by atoms with Crippen molar-refractivity contribution in [3.8, 4) is 0 Å². The molecule has 1 aromatic rings. The number of guanidine groups is 1. The van der Waals surface area contributed by atoms with E-state index in [1.165, 1.54) is 16.9 Å². The van der Waals surface area contributed by atoms with Gasteiger partial charge in [0.2, 0.25) is 0 Å². The molecule has 2 aliphatic rings. The van der Waals surface area contributed by atoms with Crippen LogP contribution in [0.4, 0.5) is 4.39 Å². The predicted molar refractivity (Wildman–Crippen MR) is 116 cm³/mol. The van der Waals surface area contributed by atoms with E-state index in [0.717, 1.165) is 37.2 Å². The second-order valence-electron chi connectivity index (χ2n) is 8.59. The van der Waals surface area contributed by atoms with E-state index in [2.05, 4.69) is 54.3 Å². The third-order valence-corrected chi connectivity index (χ3v) is 7.06. The Morgan fingerprint density at radius 2 is 2.21 bits per heavy atom. The van der Waals surface area contributed by atoms with Gasteiger partial charge in [-0.1, -0.05) is 12.2 Å². The maximum Gasteiger partial charge on any atom is 0.185 e. The summed E-state index contributed by atoms with van der Waals surface area (Å²) in [5.74, 6) is 0.135. The lowest BCUT2D eigenvalue weighted by atomic mass is 9.81. The Bertz CT molecular complexity index is 778. The highest BCUT2D eigenvalue weighted by Gasteiger charge is 2.43. The van der Waals surface area contributed by atoms with Gasteiger partial charge in [-0.2, -0.15) is 4.39 Å². The van der Waals surface area contributed by atoms with Crippen molar-refractivity contribution in [1.29, 1.82) is 0 Å². The van der Waals surface area contributed by atoms with Crippen LogP contribution in [-0.4, -0.2) is 42.1 Å². The first-order chi connectivity index (χ1) is 13.2. The summed E-state index contributed by atoms with van der Waals surface area (Å²) in [6.45, 7) is 9.20. The molecule has 0 spiro atoms. The Morgan fingerprint density at radius 1 is 1.43 bits per heavy atom. The van der Waals surface area contributed by atoms with E-state index in [1.807, 2.05) is 6.07 Å². The van der Waals surface area contributed by atoms with E-state index >= 15 is 0 Å². The van der Waals surface area contributed by atoms with Gasteiger partial charge < -0.3 is 16.8 Å². The van der Waals surface area contributed by atoms with Crippen molar-refractivity contribution in [3.05, 3.63) is 46.1 Å². The minimum atomic E-state index is -0.125. The fourth-order valence-electron chi connectivity index (χ4n) is 4.09. The van der Waals surface area contributed by atoms with Crippen molar-refractivity contribution in [2.45, 2.75) is 51.6 Å². The minimum absolute atomic E-state index is 0.00138. The van der Waals surface area contributed by atoms with E-state index in [1.54, 1.807) is 6.07 Å². The first kappa shape index (κ1) is 20.9. The van der Waals surface area contributed by atoms with Crippen LogP contribution in [0.15, 0.2) is 41.1 Å². The molecule has 7 heteroatoms. The Labute approximate surface area is 171 Å². The zero-order chi connectivity index (χ0) is 20.4. The molecule has 2 aliphatic heterocycles. The van der Waals surface area contributed by atoms with Gasteiger partial charge >= 0.3 is 0 Å². The standard InChI is InChI=1S/C21H32FN5S/c1-15-4-5-16(12-25-15)20(2,3)27-11-10-21(14-27,13-26-19(23)24)9-8-17-6-7-18(22)28-17/h4-7,12,15,25H,8-11,13-14H2,1-3H3,(H4,23,24,26). The van der Waals surface area contributed by atoms with Crippen LogP contribution in [-0.2, 0) is 6.42 Å². The topological polar surface area (TPSA) is 79.7 Å². The number of aliphatic imine (C=N–C) groups is 1. The molecule has 0 bridgehead atoms. The second kappa shape index (κ2) is 8.25. The number of hydrogen-bond acceptors (Lipinski definition) is 4. The van der Waals surface area contributed by atoms with Crippen LogP contribution < -0.4 is 16.8 Å². The first-order valence-corrected chi connectivity index (χ1v) is 10.7. The van der Waals surface area contributed by atoms with Crippen molar-refractivity contribution >= 4 is 17.3 Å². The highest BCUT2D eigenvalue weighted by Crippen LogP contribution is 2.41. The Balaban J connectivity index is 1.74. The summed E-state index contributed by atoms with van der Waals surface area (Å²) in [6, 6.07) is 3.79. The Kier molecular flexibility index (Phi) is 6.15. The minimum Gasteiger partial charge on any atom is -0.385 e. The number of nitrogens with two attached hydrogens (primary N) is 2. The lowest BCUT2D eigenvalue weighted by Crippen LogP contribution is -2.46. The highest BCUT2D eigenvalue weighted by atomic mass is 32.1. The summed E-state index contributed by atoms with van der Waals surface area (Å²) in [5, 5.41) is 3.28. The van der Waals surface area contributed by atoms with Crippen LogP contribution in [0.3, 0.4) is 0 Å². The van der Waals surface area contributed by atoms with E-state index in [-0.39, 0.29) is 22.0 Å². The fourth-order valence-corrected chi connectivity index (χ4v) is 4.82. The molecule has 0 amide bonds. The molecule has 1 saturated heterocycles. The average Bonchev–Trinajstić information content (AvgIpc) is 3.26. The fraction of sp³-hybridized carbons (Fsp3) is 0.571. The zero-order valence-corrected chi connectivity index (χ0v) is 17.9. The van der Waals surface area contributed by atoms with Gasteiger partial charge in [-0.3, -0.25) is 9.89 Å². The third kappa shape index (κ3) is 4.75. The zero-order valence-electron chi connectivity index (χ0n) is 17.0. The van der Waals surface area contributed by atoms with Crippen molar-refractivity contribution in [2.75, 3.05) is 19.6 Å². The third-order valence-electron chi connectivity index (χ3n) is 6.13. The van der Waals surface area contributed by atoms with Gasteiger partial charge in [0.05, 0.1) is 0 Å². The number of halogens is 1. The molecule has 1 aromatic heterocycles. The molecule has 154 valence electrons. The van der Waals surface area contributed by atoms with Crippen molar-refractivity contribution in [1.82, 2.24) is 10.2 Å². The molecule has 5 nitrogen and oxygen atoms in total. The number of hydrogen-bond donors (Lipinski definition) is 3. The molecule has 28 heavy (non-hydrogen) atoms. The molecule has 0 aromatic carbocycles. The smallest absolute Gasteiger partial charge is 0.185 e. The monoisotopic (exact) mass is 405 g/mol. The normalized spacial score (nSPS) is 25.4. The van der Waals surface area contributed by atoms with E-state index < -0.39 is 0 Å². The van der Waals surface area contributed by atoms with E-state index in [4.69, 9.17) is 11.5 Å². The number of aryl methyl sites for hydroxylation is 1. The molecule has 3 heterocycles. The van der Waals surface area contributed by atoms with Gasteiger partial charge in [0.1, 0.15) is 0 Å². The Morgan fingerprint density at radius 3 is 2.82 bits per heavy atom. The van der Waals surface area contributed by atoms with Gasteiger partial charge in [-0.25, -0.2) is 0 Å². The molecule has 3 rings (SSSR count). The summed E-state index contributed by atoms with van der Waals surface area (Å²) in [7, 11) is 0.